The highest BCUT2D eigenvalue weighted by molar-refractivity contribution is 9.10. The number of methoxy groups -OCH3 is 1. The number of halogens is 1. The number of nitrogen functional groups attached to an aromatic ring is 1. The largest absolute Gasteiger partial charge is 0.497 e. The van der Waals surface area contributed by atoms with Crippen molar-refractivity contribution in [2.24, 2.45) is 0 Å². The molecule has 106 valence electrons. The number of hydrogen-bond donors (Lipinski definition) is 1. The van der Waals surface area contributed by atoms with Crippen LogP contribution < -0.4 is 15.2 Å². The molecule has 1 aromatic heterocycles. The van der Waals surface area contributed by atoms with Gasteiger partial charge in [0, 0.05) is 11.6 Å². The van der Waals surface area contributed by atoms with Crippen LogP contribution in [-0.2, 0) is 0 Å². The molecule has 3 rings (SSSR count). The van der Waals surface area contributed by atoms with Crippen molar-refractivity contribution >= 4 is 32.5 Å². The Morgan fingerprint density at radius 1 is 1.10 bits per heavy atom. The van der Waals surface area contributed by atoms with E-state index < -0.39 is 0 Å². The molecule has 0 aliphatic rings. The van der Waals surface area contributed by atoms with Crippen LogP contribution in [0.4, 0.5) is 5.69 Å². The summed E-state index contributed by atoms with van der Waals surface area (Å²) in [5.41, 5.74) is 7.58. The van der Waals surface area contributed by atoms with Gasteiger partial charge in [0.15, 0.2) is 5.75 Å². The molecule has 3 aromatic rings. The first kappa shape index (κ1) is 13.7. The lowest BCUT2D eigenvalue weighted by Gasteiger charge is -2.12. The van der Waals surface area contributed by atoms with E-state index in [-0.39, 0.29) is 0 Å². The quantitative estimate of drug-likeness (QED) is 0.716. The van der Waals surface area contributed by atoms with E-state index in [4.69, 9.17) is 15.2 Å². The number of nitrogens with zero attached hydrogens (tertiary/aromatic N) is 1. The highest BCUT2D eigenvalue weighted by Crippen LogP contribution is 2.37. The molecule has 0 fully saturated rings. The molecule has 0 spiro atoms. The molecule has 0 radical (unpaired) electrons. The lowest BCUT2D eigenvalue weighted by Crippen LogP contribution is -1.95. The van der Waals surface area contributed by atoms with Gasteiger partial charge in [-0.3, -0.25) is 4.98 Å². The van der Waals surface area contributed by atoms with Crippen molar-refractivity contribution < 1.29 is 9.47 Å². The number of hydrogen-bond acceptors (Lipinski definition) is 4. The van der Waals surface area contributed by atoms with E-state index in [0.717, 1.165) is 21.1 Å². The van der Waals surface area contributed by atoms with Crippen LogP contribution >= 0.6 is 15.9 Å². The van der Waals surface area contributed by atoms with Crippen LogP contribution in [0.15, 0.2) is 53.1 Å². The van der Waals surface area contributed by atoms with E-state index in [1.807, 2.05) is 42.5 Å². The number of benzene rings is 2. The molecule has 2 aromatic carbocycles. The summed E-state index contributed by atoms with van der Waals surface area (Å²) in [6.45, 7) is 0. The fourth-order valence-corrected chi connectivity index (χ4v) is 2.49. The van der Waals surface area contributed by atoms with Crippen LogP contribution in [0, 0.1) is 0 Å². The summed E-state index contributed by atoms with van der Waals surface area (Å²) in [5.74, 6) is 2.03. The van der Waals surface area contributed by atoms with E-state index in [9.17, 15) is 0 Å². The summed E-state index contributed by atoms with van der Waals surface area (Å²) in [6, 6.07) is 13.0. The maximum absolute atomic E-state index is 6.17. The van der Waals surface area contributed by atoms with Gasteiger partial charge in [-0.1, -0.05) is 0 Å². The Balaban J connectivity index is 2.00. The zero-order valence-corrected chi connectivity index (χ0v) is 12.9. The van der Waals surface area contributed by atoms with Crippen LogP contribution in [0.2, 0.25) is 0 Å². The van der Waals surface area contributed by atoms with Gasteiger partial charge in [-0.25, -0.2) is 0 Å². The van der Waals surface area contributed by atoms with Crippen molar-refractivity contribution in [2.45, 2.75) is 0 Å². The minimum Gasteiger partial charge on any atom is -0.497 e. The number of pyridine rings is 1. The first-order valence-electron chi connectivity index (χ1n) is 6.33. The third-order valence-electron chi connectivity index (χ3n) is 3.15. The molecule has 1 heterocycles. The Hall–Kier alpha value is -2.27. The van der Waals surface area contributed by atoms with Crippen molar-refractivity contribution in [3.8, 4) is 17.2 Å². The summed E-state index contributed by atoms with van der Waals surface area (Å²) in [4.78, 5) is 4.27. The zero-order chi connectivity index (χ0) is 14.8. The van der Waals surface area contributed by atoms with Gasteiger partial charge in [-0.05, 0) is 58.4 Å². The smallest absolute Gasteiger partial charge is 0.151 e. The Kier molecular flexibility index (Phi) is 3.66. The van der Waals surface area contributed by atoms with Crippen molar-refractivity contribution in [2.75, 3.05) is 12.8 Å². The first-order chi connectivity index (χ1) is 10.2. The highest BCUT2D eigenvalue weighted by Gasteiger charge is 2.09. The second kappa shape index (κ2) is 5.61. The number of ether oxygens (including phenoxy) is 2. The monoisotopic (exact) mass is 344 g/mol. The summed E-state index contributed by atoms with van der Waals surface area (Å²) in [5, 5.41) is 0.875. The fraction of sp³-hybridized carbons (Fsp3) is 0.0625. The topological polar surface area (TPSA) is 57.4 Å². The minimum atomic E-state index is 0.573. The van der Waals surface area contributed by atoms with Gasteiger partial charge in [0.1, 0.15) is 11.5 Å². The molecule has 0 unspecified atom stereocenters. The molecule has 0 aliphatic heterocycles. The highest BCUT2D eigenvalue weighted by atomic mass is 79.9. The number of aromatic nitrogens is 1. The Morgan fingerprint density at radius 2 is 1.90 bits per heavy atom. The van der Waals surface area contributed by atoms with Crippen LogP contribution in [0.25, 0.3) is 10.9 Å². The maximum atomic E-state index is 6.17. The van der Waals surface area contributed by atoms with Crippen molar-refractivity contribution in [3.63, 3.8) is 0 Å². The van der Waals surface area contributed by atoms with E-state index in [1.54, 1.807) is 13.3 Å². The molecule has 0 aliphatic carbocycles. The second-order valence-corrected chi connectivity index (χ2v) is 5.30. The van der Waals surface area contributed by atoms with E-state index >= 15 is 0 Å². The summed E-state index contributed by atoms with van der Waals surface area (Å²) in [6.07, 6.45) is 1.74. The molecule has 0 bridgehead atoms. The third kappa shape index (κ3) is 2.64. The Labute approximate surface area is 130 Å². The SMILES string of the molecule is COc1ccc(Oc2ccc3ncccc3c2N)c(Br)c1. The molecule has 0 saturated heterocycles. The zero-order valence-electron chi connectivity index (χ0n) is 11.3. The number of nitrogens with two attached hydrogens (primary N) is 1. The van der Waals surface area contributed by atoms with Crippen molar-refractivity contribution in [1.82, 2.24) is 4.98 Å². The van der Waals surface area contributed by atoms with Gasteiger partial charge in [0.05, 0.1) is 22.8 Å². The molecule has 0 saturated carbocycles. The standard InChI is InChI=1S/C16H13BrN2O2/c1-20-10-4-6-14(12(17)9-10)21-15-7-5-13-11(16(15)18)3-2-8-19-13/h2-9H,18H2,1H3. The van der Waals surface area contributed by atoms with Gasteiger partial charge in [0.25, 0.3) is 0 Å². The molecule has 0 atom stereocenters. The summed E-state index contributed by atoms with van der Waals surface area (Å²) >= 11 is 3.46. The lowest BCUT2D eigenvalue weighted by molar-refractivity contribution is 0.412. The number of fused-ring (bicyclic) bond motifs is 1. The van der Waals surface area contributed by atoms with E-state index in [2.05, 4.69) is 20.9 Å². The predicted molar refractivity (Wildman–Crippen MR) is 86.9 cm³/mol. The van der Waals surface area contributed by atoms with Gasteiger partial charge >= 0.3 is 0 Å². The van der Waals surface area contributed by atoms with Gasteiger partial charge in [0.2, 0.25) is 0 Å². The van der Waals surface area contributed by atoms with Crippen LogP contribution in [0.5, 0.6) is 17.2 Å². The second-order valence-electron chi connectivity index (χ2n) is 4.45. The van der Waals surface area contributed by atoms with Gasteiger partial charge in [-0.2, -0.15) is 0 Å². The lowest BCUT2D eigenvalue weighted by atomic mass is 10.1. The van der Waals surface area contributed by atoms with Crippen LogP contribution in [0.1, 0.15) is 0 Å². The van der Waals surface area contributed by atoms with Gasteiger partial charge in [-0.15, -0.1) is 0 Å². The van der Waals surface area contributed by atoms with Crippen LogP contribution in [-0.4, -0.2) is 12.1 Å². The Morgan fingerprint density at radius 3 is 2.67 bits per heavy atom. The summed E-state index contributed by atoms with van der Waals surface area (Å²) in [7, 11) is 1.62. The predicted octanol–water partition coefficient (Wildman–Crippen LogP) is 4.38. The van der Waals surface area contributed by atoms with Crippen molar-refractivity contribution in [1.29, 1.82) is 0 Å². The molecular weight excluding hydrogens is 332 g/mol. The molecule has 0 amide bonds. The van der Waals surface area contributed by atoms with Crippen LogP contribution in [0.3, 0.4) is 0 Å². The maximum Gasteiger partial charge on any atom is 0.151 e. The number of anilines is 1. The fourth-order valence-electron chi connectivity index (χ4n) is 2.05. The Bertz CT molecular complexity index is 805. The summed E-state index contributed by atoms with van der Waals surface area (Å²) < 4.78 is 11.9. The normalized spacial score (nSPS) is 10.6. The number of rotatable bonds is 3. The molecule has 5 heteroatoms. The van der Waals surface area contributed by atoms with E-state index in [1.165, 1.54) is 0 Å². The first-order valence-corrected chi connectivity index (χ1v) is 7.13. The molecular formula is C16H13BrN2O2. The van der Waals surface area contributed by atoms with E-state index in [0.29, 0.717) is 17.2 Å². The molecule has 4 nitrogen and oxygen atoms in total. The molecule has 2 N–H and O–H groups in total. The van der Waals surface area contributed by atoms with Gasteiger partial charge < -0.3 is 15.2 Å². The molecule has 21 heavy (non-hydrogen) atoms. The third-order valence-corrected chi connectivity index (χ3v) is 3.77. The van der Waals surface area contributed by atoms with Crippen molar-refractivity contribution in [3.05, 3.63) is 53.1 Å². The average Bonchev–Trinajstić information content (AvgIpc) is 2.52. The average molecular weight is 345 g/mol. The minimum absolute atomic E-state index is 0.573.